The summed E-state index contributed by atoms with van der Waals surface area (Å²) in [6.07, 6.45) is 1.33. The molecule has 0 saturated carbocycles. The van der Waals surface area contributed by atoms with Gasteiger partial charge in [-0.05, 0) is 42.8 Å². The zero-order valence-electron chi connectivity index (χ0n) is 15.1. The first-order chi connectivity index (χ1) is 13.3. The Balaban J connectivity index is 2.03. The first kappa shape index (κ1) is 19.6. The van der Waals surface area contributed by atoms with Crippen molar-refractivity contribution in [1.82, 2.24) is 9.29 Å². The second-order valence-corrected chi connectivity index (χ2v) is 7.77. The lowest BCUT2D eigenvalue weighted by Crippen LogP contribution is -2.24. The molecular weight excluding hydrogens is 383 g/mol. The molecule has 3 aromatic rings. The van der Waals surface area contributed by atoms with Gasteiger partial charge in [-0.15, -0.1) is 0 Å². The Labute approximate surface area is 162 Å². The van der Waals surface area contributed by atoms with Crippen molar-refractivity contribution in [3.8, 4) is 17.0 Å². The summed E-state index contributed by atoms with van der Waals surface area (Å²) < 4.78 is 46.9. The van der Waals surface area contributed by atoms with E-state index in [4.69, 9.17) is 4.74 Å². The molecule has 0 aliphatic heterocycles. The number of amides is 1. The lowest BCUT2D eigenvalue weighted by atomic mass is 10.1. The third-order valence-corrected chi connectivity index (χ3v) is 5.67. The molecule has 1 heterocycles. The number of halogens is 1. The molecule has 0 fully saturated rings. The van der Waals surface area contributed by atoms with Gasteiger partial charge in [0, 0.05) is 24.9 Å². The largest absolute Gasteiger partial charge is 0.484 e. The number of carbonyl (C=O) groups is 1. The van der Waals surface area contributed by atoms with Crippen LogP contribution in [0.1, 0.15) is 5.56 Å². The topological polar surface area (TPSA) is 77.4 Å². The van der Waals surface area contributed by atoms with Crippen molar-refractivity contribution in [2.24, 2.45) is 0 Å². The van der Waals surface area contributed by atoms with E-state index in [1.165, 1.54) is 55.7 Å². The Kier molecular flexibility index (Phi) is 5.51. The first-order valence-electron chi connectivity index (χ1n) is 8.31. The van der Waals surface area contributed by atoms with Crippen LogP contribution in [0.4, 0.5) is 4.39 Å². The fourth-order valence-electron chi connectivity index (χ4n) is 2.62. The van der Waals surface area contributed by atoms with Crippen molar-refractivity contribution in [1.29, 1.82) is 0 Å². The molecule has 0 unspecified atom stereocenters. The van der Waals surface area contributed by atoms with Crippen molar-refractivity contribution < 1.29 is 22.3 Å². The predicted octanol–water partition coefficient (Wildman–Crippen LogP) is 2.84. The normalized spacial score (nSPS) is 11.2. The lowest BCUT2D eigenvalue weighted by Gasteiger charge is -2.12. The van der Waals surface area contributed by atoms with E-state index in [-0.39, 0.29) is 34.4 Å². The molecule has 0 bridgehead atoms. The van der Waals surface area contributed by atoms with Gasteiger partial charge in [-0.2, -0.15) is 0 Å². The quantitative estimate of drug-likeness (QED) is 0.689. The highest BCUT2D eigenvalue weighted by atomic mass is 32.2. The van der Waals surface area contributed by atoms with Crippen molar-refractivity contribution in [2.75, 3.05) is 13.7 Å². The third kappa shape index (κ3) is 3.91. The number of ether oxygens (including phenoxy) is 1. The van der Waals surface area contributed by atoms with Crippen molar-refractivity contribution in [3.05, 3.63) is 79.1 Å². The molecule has 1 amide bonds. The number of carbonyl (C=O) groups excluding carboxylic acids is 1. The molecule has 1 radical (unpaired) electrons. The van der Waals surface area contributed by atoms with Crippen LogP contribution >= 0.6 is 0 Å². The molecule has 1 aromatic heterocycles. The van der Waals surface area contributed by atoms with Crippen LogP contribution in [-0.2, 0) is 14.8 Å². The molecule has 0 saturated heterocycles. The fraction of sp³-hybridized carbons (Fsp3) is 0.100. The van der Waals surface area contributed by atoms with Gasteiger partial charge in [-0.25, -0.2) is 16.8 Å². The van der Waals surface area contributed by atoms with Gasteiger partial charge < -0.3 is 10.1 Å². The Morgan fingerprint density at radius 3 is 2.64 bits per heavy atom. The molecule has 2 aromatic carbocycles. The molecule has 0 atom stereocenters. The van der Waals surface area contributed by atoms with Gasteiger partial charge in [0.2, 0.25) is 0 Å². The maximum atomic E-state index is 14.2. The summed E-state index contributed by atoms with van der Waals surface area (Å²) in [5.41, 5.74) is 0.738. The Bertz CT molecular complexity index is 1120. The zero-order valence-corrected chi connectivity index (χ0v) is 15.9. The zero-order chi connectivity index (χ0) is 20.3. The van der Waals surface area contributed by atoms with Gasteiger partial charge in [0.15, 0.2) is 6.61 Å². The van der Waals surface area contributed by atoms with Crippen LogP contribution < -0.4 is 10.1 Å². The molecular formula is C20H18FN2O4S. The maximum Gasteiger partial charge on any atom is 0.268 e. The molecule has 8 heteroatoms. The number of rotatable bonds is 6. The van der Waals surface area contributed by atoms with Gasteiger partial charge in [0.1, 0.15) is 11.6 Å². The van der Waals surface area contributed by atoms with E-state index < -0.39 is 15.8 Å². The number of hydrogen-bond donors (Lipinski definition) is 1. The minimum absolute atomic E-state index is 0.0601. The minimum atomic E-state index is -4.05. The van der Waals surface area contributed by atoms with Gasteiger partial charge in [-0.3, -0.25) is 4.79 Å². The van der Waals surface area contributed by atoms with Crippen LogP contribution in [0.15, 0.2) is 65.7 Å². The second-order valence-electron chi connectivity index (χ2n) is 5.95. The van der Waals surface area contributed by atoms with Crippen LogP contribution in [0.5, 0.6) is 5.75 Å². The highest BCUT2D eigenvalue weighted by molar-refractivity contribution is 7.90. The summed E-state index contributed by atoms with van der Waals surface area (Å²) in [4.78, 5) is 11.3. The highest BCUT2D eigenvalue weighted by Gasteiger charge is 2.23. The highest BCUT2D eigenvalue weighted by Crippen LogP contribution is 2.29. The lowest BCUT2D eigenvalue weighted by molar-refractivity contribution is -0.122. The smallest absolute Gasteiger partial charge is 0.268 e. The van der Waals surface area contributed by atoms with Crippen LogP contribution in [0.2, 0.25) is 0 Å². The predicted molar refractivity (Wildman–Crippen MR) is 103 cm³/mol. The molecule has 145 valence electrons. The number of aromatic nitrogens is 1. The van der Waals surface area contributed by atoms with Crippen LogP contribution in [0.25, 0.3) is 11.3 Å². The minimum Gasteiger partial charge on any atom is -0.484 e. The SMILES string of the molecule is [CH2]c1cc(-c2ccccc2F)n(S(=O)(=O)c2cccc(OCC(=O)NC)c2)c1. The van der Waals surface area contributed by atoms with E-state index in [0.717, 1.165) is 3.97 Å². The van der Waals surface area contributed by atoms with Crippen molar-refractivity contribution in [3.63, 3.8) is 0 Å². The van der Waals surface area contributed by atoms with E-state index in [9.17, 15) is 17.6 Å². The fourth-order valence-corrected chi connectivity index (χ4v) is 4.05. The average molecular weight is 401 g/mol. The van der Waals surface area contributed by atoms with E-state index in [2.05, 4.69) is 12.2 Å². The summed E-state index contributed by atoms with van der Waals surface area (Å²) in [5.74, 6) is -0.666. The van der Waals surface area contributed by atoms with Crippen molar-refractivity contribution >= 4 is 15.9 Å². The van der Waals surface area contributed by atoms with E-state index >= 15 is 0 Å². The molecule has 6 nitrogen and oxygen atoms in total. The standard InChI is InChI=1S/C20H18FN2O4S/c1-14-10-19(17-8-3-4-9-18(17)21)23(12-14)28(25,26)16-7-5-6-15(11-16)27-13-20(24)22-2/h3-12H,1,13H2,2H3,(H,22,24). The first-order valence-corrected chi connectivity index (χ1v) is 9.75. The Hall–Kier alpha value is -3.13. The Morgan fingerprint density at radius 1 is 1.18 bits per heavy atom. The number of benzene rings is 2. The van der Waals surface area contributed by atoms with Crippen LogP contribution in [-0.4, -0.2) is 32.0 Å². The average Bonchev–Trinajstić information content (AvgIpc) is 3.09. The van der Waals surface area contributed by atoms with Gasteiger partial charge >= 0.3 is 0 Å². The molecule has 0 spiro atoms. The van der Waals surface area contributed by atoms with Gasteiger partial charge in [0.25, 0.3) is 15.9 Å². The maximum absolute atomic E-state index is 14.2. The molecule has 0 aliphatic carbocycles. The van der Waals surface area contributed by atoms with E-state index in [0.29, 0.717) is 5.56 Å². The number of nitrogens with one attached hydrogen (secondary N) is 1. The van der Waals surface area contributed by atoms with Gasteiger partial charge in [-0.1, -0.05) is 18.2 Å². The number of nitrogens with zero attached hydrogens (tertiary/aromatic N) is 1. The summed E-state index contributed by atoms with van der Waals surface area (Å²) in [6, 6.07) is 13.2. The molecule has 3 rings (SSSR count). The van der Waals surface area contributed by atoms with Crippen LogP contribution in [0.3, 0.4) is 0 Å². The van der Waals surface area contributed by atoms with Crippen molar-refractivity contribution in [2.45, 2.75) is 4.90 Å². The van der Waals surface area contributed by atoms with E-state index in [1.54, 1.807) is 12.1 Å². The summed E-state index contributed by atoms with van der Waals surface area (Å²) in [7, 11) is -2.58. The number of likely N-dealkylation sites (N-methyl/N-ethyl adjacent to an activating group) is 1. The van der Waals surface area contributed by atoms with Gasteiger partial charge in [0.05, 0.1) is 10.6 Å². The summed E-state index contributed by atoms with van der Waals surface area (Å²) in [6.45, 7) is 3.52. The third-order valence-electron chi connectivity index (χ3n) is 4.00. The monoisotopic (exact) mass is 401 g/mol. The summed E-state index contributed by atoms with van der Waals surface area (Å²) >= 11 is 0. The molecule has 0 aliphatic rings. The second kappa shape index (κ2) is 7.85. The van der Waals surface area contributed by atoms with E-state index in [1.807, 2.05) is 0 Å². The van der Waals surface area contributed by atoms with Crippen LogP contribution in [0, 0.1) is 12.7 Å². The summed E-state index contributed by atoms with van der Waals surface area (Å²) in [5, 5.41) is 2.41. The Morgan fingerprint density at radius 2 is 1.93 bits per heavy atom. The molecule has 1 N–H and O–H groups in total. The molecule has 28 heavy (non-hydrogen) atoms. The number of hydrogen-bond acceptors (Lipinski definition) is 4.